The van der Waals surface area contributed by atoms with Gasteiger partial charge < -0.3 is 14.2 Å². The molecule has 27 heavy (non-hydrogen) atoms. The average Bonchev–Trinajstić information content (AvgIpc) is 3.13. The number of fused-ring (bicyclic) bond motifs is 4. The summed E-state index contributed by atoms with van der Waals surface area (Å²) in [5, 5.41) is 0.892. The lowest BCUT2D eigenvalue weighted by Gasteiger charge is -2.19. The molecular formula is C20H17N3O3S. The summed E-state index contributed by atoms with van der Waals surface area (Å²) in [6, 6.07) is 6.10. The molecule has 0 radical (unpaired) electrons. The van der Waals surface area contributed by atoms with Crippen LogP contribution in [0.15, 0.2) is 24.4 Å². The molecule has 0 amide bonds. The molecule has 0 bridgehead atoms. The molecule has 0 spiro atoms. The van der Waals surface area contributed by atoms with Crippen molar-refractivity contribution >= 4 is 32.6 Å². The highest BCUT2D eigenvalue weighted by atomic mass is 32.1. The number of hydrogen-bond acceptors (Lipinski definition) is 7. The maximum Gasteiger partial charge on any atom is 0.232 e. The van der Waals surface area contributed by atoms with Crippen LogP contribution in [0.2, 0.25) is 0 Å². The fourth-order valence-electron chi connectivity index (χ4n) is 3.35. The van der Waals surface area contributed by atoms with Crippen LogP contribution < -0.4 is 14.2 Å². The maximum atomic E-state index is 5.88. The Morgan fingerprint density at radius 2 is 1.89 bits per heavy atom. The number of methoxy groups -OCH3 is 1. The molecule has 0 fully saturated rings. The molecule has 0 unspecified atom stereocenters. The molecule has 0 N–H and O–H groups in total. The van der Waals surface area contributed by atoms with Crippen molar-refractivity contribution in [3.05, 3.63) is 35.5 Å². The third-order valence-electron chi connectivity index (χ3n) is 4.57. The van der Waals surface area contributed by atoms with E-state index in [-0.39, 0.29) is 0 Å². The summed E-state index contributed by atoms with van der Waals surface area (Å²) >= 11 is 1.60. The summed E-state index contributed by atoms with van der Waals surface area (Å²) in [6.07, 6.45) is 1.64. The Morgan fingerprint density at radius 1 is 1.04 bits per heavy atom. The number of aryl methyl sites for hydroxylation is 2. The van der Waals surface area contributed by atoms with Gasteiger partial charge in [0.2, 0.25) is 5.88 Å². The quantitative estimate of drug-likeness (QED) is 0.517. The van der Waals surface area contributed by atoms with Crippen LogP contribution in [0.5, 0.6) is 17.4 Å². The second-order valence-corrected chi connectivity index (χ2v) is 7.51. The van der Waals surface area contributed by atoms with Gasteiger partial charge in [0, 0.05) is 5.56 Å². The molecule has 7 heteroatoms. The van der Waals surface area contributed by atoms with Crippen LogP contribution in [0.25, 0.3) is 31.8 Å². The van der Waals surface area contributed by atoms with Crippen molar-refractivity contribution in [2.24, 2.45) is 0 Å². The molecule has 1 aliphatic rings. The number of ether oxygens (including phenoxy) is 3. The predicted molar refractivity (Wildman–Crippen MR) is 105 cm³/mol. The van der Waals surface area contributed by atoms with Crippen molar-refractivity contribution < 1.29 is 14.2 Å². The van der Waals surface area contributed by atoms with E-state index in [4.69, 9.17) is 19.2 Å². The smallest absolute Gasteiger partial charge is 0.232 e. The zero-order chi connectivity index (χ0) is 18.5. The van der Waals surface area contributed by atoms with Crippen LogP contribution >= 0.6 is 11.3 Å². The lowest BCUT2D eigenvalue weighted by Crippen LogP contribution is -2.15. The topological polar surface area (TPSA) is 66.4 Å². The van der Waals surface area contributed by atoms with Gasteiger partial charge in [-0.15, -0.1) is 11.3 Å². The van der Waals surface area contributed by atoms with E-state index in [1.807, 2.05) is 26.0 Å². The normalized spacial score (nSPS) is 13.3. The van der Waals surface area contributed by atoms with E-state index in [9.17, 15) is 0 Å². The van der Waals surface area contributed by atoms with Gasteiger partial charge in [0.15, 0.2) is 11.5 Å². The molecule has 0 saturated heterocycles. The minimum atomic E-state index is 0.499. The lowest BCUT2D eigenvalue weighted by molar-refractivity contribution is 0.174. The molecule has 0 aliphatic carbocycles. The fraction of sp³-hybridized carbons (Fsp3) is 0.250. The first-order valence-electron chi connectivity index (χ1n) is 8.65. The van der Waals surface area contributed by atoms with Crippen molar-refractivity contribution in [1.29, 1.82) is 0 Å². The monoisotopic (exact) mass is 379 g/mol. The molecule has 3 heterocycles. The Balaban J connectivity index is 1.77. The van der Waals surface area contributed by atoms with Crippen molar-refractivity contribution in [1.82, 2.24) is 15.0 Å². The fourth-order valence-corrected chi connectivity index (χ4v) is 4.50. The largest absolute Gasteiger partial charge is 0.486 e. The van der Waals surface area contributed by atoms with Crippen LogP contribution in [-0.4, -0.2) is 35.3 Å². The molecule has 2 aromatic carbocycles. The standard InChI is InChI=1S/C20H17N3O3S/c1-10-6-12(17-13(7-10)22-15(24-3)9-21-17)20-23-16-11(2)8-14-18(19(16)27-20)26-5-4-25-14/h6-9H,4-5H2,1-3H3. The van der Waals surface area contributed by atoms with E-state index < -0.39 is 0 Å². The molecule has 0 saturated carbocycles. The molecule has 0 atom stereocenters. The summed E-state index contributed by atoms with van der Waals surface area (Å²) in [5.74, 6) is 2.08. The minimum Gasteiger partial charge on any atom is -0.486 e. The molecule has 1 aliphatic heterocycles. The van der Waals surface area contributed by atoms with E-state index in [2.05, 4.69) is 16.0 Å². The second kappa shape index (κ2) is 6.06. The van der Waals surface area contributed by atoms with Crippen molar-refractivity contribution in [2.75, 3.05) is 20.3 Å². The maximum absolute atomic E-state index is 5.88. The number of benzene rings is 2. The van der Waals surface area contributed by atoms with Gasteiger partial charge in [-0.1, -0.05) is 0 Å². The highest BCUT2D eigenvalue weighted by Gasteiger charge is 2.22. The SMILES string of the molecule is COc1cnc2c(-c3nc4c(C)cc5c(c4s3)OCCO5)cc(C)cc2n1. The average molecular weight is 379 g/mol. The molecular weight excluding hydrogens is 362 g/mol. The van der Waals surface area contributed by atoms with E-state index >= 15 is 0 Å². The van der Waals surface area contributed by atoms with E-state index in [0.29, 0.717) is 19.1 Å². The van der Waals surface area contributed by atoms with Gasteiger partial charge in [0.25, 0.3) is 0 Å². The second-order valence-electron chi connectivity index (χ2n) is 6.51. The zero-order valence-corrected chi connectivity index (χ0v) is 16.0. The Bertz CT molecular complexity index is 1200. The Morgan fingerprint density at radius 3 is 2.74 bits per heavy atom. The van der Waals surface area contributed by atoms with Gasteiger partial charge in [-0.2, -0.15) is 0 Å². The number of rotatable bonds is 2. The number of thiazole rings is 1. The van der Waals surface area contributed by atoms with Gasteiger partial charge in [0.05, 0.1) is 29.9 Å². The summed E-state index contributed by atoms with van der Waals surface area (Å²) in [4.78, 5) is 14.0. The summed E-state index contributed by atoms with van der Waals surface area (Å²) in [7, 11) is 1.59. The highest BCUT2D eigenvalue weighted by molar-refractivity contribution is 7.22. The van der Waals surface area contributed by atoms with Crippen LogP contribution in [0, 0.1) is 13.8 Å². The first-order valence-corrected chi connectivity index (χ1v) is 9.47. The number of nitrogens with zero attached hydrogens (tertiary/aromatic N) is 3. The van der Waals surface area contributed by atoms with Gasteiger partial charge in [-0.3, -0.25) is 0 Å². The molecule has 136 valence electrons. The summed E-state index contributed by atoms with van der Waals surface area (Å²) < 4.78 is 17.9. The predicted octanol–water partition coefficient (Wildman–Crippen LogP) is 4.30. The third-order valence-corrected chi connectivity index (χ3v) is 5.66. The van der Waals surface area contributed by atoms with Gasteiger partial charge in [0.1, 0.15) is 22.9 Å². The minimum absolute atomic E-state index is 0.499. The Hall–Kier alpha value is -2.93. The van der Waals surface area contributed by atoms with E-state index in [1.54, 1.807) is 24.6 Å². The first kappa shape index (κ1) is 16.3. The van der Waals surface area contributed by atoms with Crippen LogP contribution in [0.1, 0.15) is 11.1 Å². The van der Waals surface area contributed by atoms with Crippen LogP contribution in [-0.2, 0) is 0 Å². The lowest BCUT2D eigenvalue weighted by atomic mass is 10.1. The molecule has 6 nitrogen and oxygen atoms in total. The Kier molecular flexibility index (Phi) is 3.65. The van der Waals surface area contributed by atoms with E-state index in [1.165, 1.54) is 0 Å². The van der Waals surface area contributed by atoms with Gasteiger partial charge >= 0.3 is 0 Å². The summed E-state index contributed by atoms with van der Waals surface area (Å²) in [6.45, 7) is 5.21. The number of aromatic nitrogens is 3. The first-order chi connectivity index (χ1) is 13.1. The molecule has 4 aromatic rings. The van der Waals surface area contributed by atoms with Crippen molar-refractivity contribution in [3.63, 3.8) is 0 Å². The van der Waals surface area contributed by atoms with E-state index in [0.717, 1.165) is 54.4 Å². The van der Waals surface area contributed by atoms with Crippen LogP contribution in [0.3, 0.4) is 0 Å². The third kappa shape index (κ3) is 2.57. The van der Waals surface area contributed by atoms with Gasteiger partial charge in [-0.25, -0.2) is 15.0 Å². The summed E-state index contributed by atoms with van der Waals surface area (Å²) in [5.41, 5.74) is 5.67. The molecule has 5 rings (SSSR count). The number of hydrogen-bond donors (Lipinski definition) is 0. The van der Waals surface area contributed by atoms with Crippen LogP contribution in [0.4, 0.5) is 0 Å². The van der Waals surface area contributed by atoms with Gasteiger partial charge in [-0.05, 0) is 43.2 Å². The van der Waals surface area contributed by atoms with Crippen molar-refractivity contribution in [3.8, 4) is 28.0 Å². The zero-order valence-electron chi connectivity index (χ0n) is 15.2. The molecule has 2 aromatic heterocycles. The Labute approximate surface area is 159 Å². The highest BCUT2D eigenvalue weighted by Crippen LogP contribution is 2.45. The van der Waals surface area contributed by atoms with Crippen molar-refractivity contribution in [2.45, 2.75) is 13.8 Å².